The fraction of sp³-hybridized carbons (Fsp3) is 0.357. The normalized spacial score (nSPS) is 12.6. The van der Waals surface area contributed by atoms with Crippen molar-refractivity contribution < 1.29 is 5.11 Å². The molecule has 0 saturated carbocycles. The van der Waals surface area contributed by atoms with Gasteiger partial charge in [-0.1, -0.05) is 22.9 Å². The number of aliphatic hydroxyl groups excluding tert-OH is 1. The summed E-state index contributed by atoms with van der Waals surface area (Å²) in [4.78, 5) is 3.44. The number of hydrogen-bond donors (Lipinski definition) is 1. The third-order valence-electron chi connectivity index (χ3n) is 3.03. The second-order valence-corrected chi connectivity index (χ2v) is 5.49. The highest BCUT2D eigenvalue weighted by molar-refractivity contribution is 9.10. The highest BCUT2D eigenvalue weighted by Crippen LogP contribution is 2.27. The van der Waals surface area contributed by atoms with Crippen LogP contribution in [0.5, 0.6) is 0 Å². The molecule has 1 heterocycles. The molecule has 0 saturated heterocycles. The molecule has 0 aliphatic rings. The van der Waals surface area contributed by atoms with Gasteiger partial charge in [0.25, 0.3) is 6.67 Å². The fourth-order valence-corrected chi connectivity index (χ4v) is 2.50. The summed E-state index contributed by atoms with van der Waals surface area (Å²) in [5.41, 5.74) is 2.27. The summed E-state index contributed by atoms with van der Waals surface area (Å²) in [6.45, 7) is 9.55. The second-order valence-electron chi connectivity index (χ2n) is 4.58. The monoisotopic (exact) mass is 306 g/mol. The molecule has 2 rings (SSSR count). The minimum absolute atomic E-state index is 0.184. The Morgan fingerprint density at radius 2 is 2.28 bits per heavy atom. The molecular weight excluding hydrogens is 292 g/mol. The van der Waals surface area contributed by atoms with Crippen molar-refractivity contribution in [3.05, 3.63) is 45.8 Å². The van der Waals surface area contributed by atoms with Gasteiger partial charge >= 0.3 is 0 Å². The van der Waals surface area contributed by atoms with Crippen LogP contribution in [0, 0.1) is 12.5 Å². The van der Waals surface area contributed by atoms with Crippen molar-refractivity contribution in [3.63, 3.8) is 0 Å². The van der Waals surface area contributed by atoms with Crippen LogP contribution in [0.15, 0.2) is 28.9 Å². The molecule has 0 radical (unpaired) electrons. The Morgan fingerprint density at radius 3 is 2.94 bits per heavy atom. The summed E-state index contributed by atoms with van der Waals surface area (Å²) in [5.74, 6) is 0.232. The van der Waals surface area contributed by atoms with Crippen molar-refractivity contribution in [1.82, 2.24) is 4.57 Å². The van der Waals surface area contributed by atoms with Crippen LogP contribution in [-0.2, 0) is 13.1 Å². The van der Waals surface area contributed by atoms with Crippen LogP contribution in [0.25, 0.3) is 15.7 Å². The number of nitrogens with zero attached hydrogens (tertiary/aromatic N) is 2. The summed E-state index contributed by atoms with van der Waals surface area (Å²) in [6, 6.07) is 6.09. The molecule has 1 aromatic heterocycles. The molecule has 0 fully saturated rings. The SMILES string of the molecule is [C-]#[N+]Cn1cc(CC(C)CO)c2cc(Br)ccc21. The molecule has 0 bridgehead atoms. The third-order valence-corrected chi connectivity index (χ3v) is 3.52. The Morgan fingerprint density at radius 1 is 1.50 bits per heavy atom. The van der Waals surface area contributed by atoms with E-state index in [9.17, 15) is 0 Å². The van der Waals surface area contributed by atoms with Crippen molar-refractivity contribution in [2.45, 2.75) is 20.0 Å². The zero-order chi connectivity index (χ0) is 13.1. The van der Waals surface area contributed by atoms with Gasteiger partial charge in [-0.2, -0.15) is 0 Å². The lowest BCUT2D eigenvalue weighted by atomic mass is 10.0. The number of hydrogen-bond acceptors (Lipinski definition) is 1. The Labute approximate surface area is 115 Å². The van der Waals surface area contributed by atoms with Crippen LogP contribution < -0.4 is 0 Å². The molecule has 18 heavy (non-hydrogen) atoms. The van der Waals surface area contributed by atoms with E-state index in [1.54, 1.807) is 0 Å². The molecule has 0 amide bonds. The maximum Gasteiger partial charge on any atom is 0.293 e. The number of rotatable bonds is 4. The largest absolute Gasteiger partial charge is 0.396 e. The van der Waals surface area contributed by atoms with Crippen LogP contribution >= 0.6 is 15.9 Å². The fourth-order valence-electron chi connectivity index (χ4n) is 2.14. The highest BCUT2D eigenvalue weighted by Gasteiger charge is 2.12. The molecule has 1 unspecified atom stereocenters. The molecular formula is C14H15BrN2O. The summed E-state index contributed by atoms with van der Waals surface area (Å²) >= 11 is 3.48. The number of halogens is 1. The predicted octanol–water partition coefficient (Wildman–Crippen LogP) is 3.45. The van der Waals surface area contributed by atoms with Gasteiger partial charge in [0.05, 0.1) is 5.52 Å². The number of benzene rings is 1. The maximum atomic E-state index is 9.17. The minimum Gasteiger partial charge on any atom is -0.396 e. The van der Waals surface area contributed by atoms with Crippen LogP contribution in [0.1, 0.15) is 12.5 Å². The van der Waals surface area contributed by atoms with E-state index >= 15 is 0 Å². The Bertz CT molecular complexity index is 598. The smallest absolute Gasteiger partial charge is 0.293 e. The van der Waals surface area contributed by atoms with Crippen molar-refractivity contribution in [2.24, 2.45) is 5.92 Å². The average molecular weight is 307 g/mol. The summed E-state index contributed by atoms with van der Waals surface area (Å²) in [7, 11) is 0. The number of aliphatic hydroxyl groups is 1. The molecule has 0 aliphatic carbocycles. The number of aromatic nitrogens is 1. The van der Waals surface area contributed by atoms with Crippen molar-refractivity contribution in [2.75, 3.05) is 6.61 Å². The lowest BCUT2D eigenvalue weighted by Gasteiger charge is -2.05. The van der Waals surface area contributed by atoms with E-state index in [2.05, 4.69) is 26.8 Å². The van der Waals surface area contributed by atoms with Gasteiger partial charge in [-0.3, -0.25) is 9.41 Å². The zero-order valence-corrected chi connectivity index (χ0v) is 11.8. The highest BCUT2D eigenvalue weighted by atomic mass is 79.9. The van der Waals surface area contributed by atoms with Crippen molar-refractivity contribution >= 4 is 26.8 Å². The lowest BCUT2D eigenvalue weighted by Crippen LogP contribution is -2.04. The third kappa shape index (κ3) is 2.58. The van der Waals surface area contributed by atoms with Gasteiger partial charge in [-0.25, -0.2) is 6.57 Å². The van der Waals surface area contributed by atoms with Crippen molar-refractivity contribution in [1.29, 1.82) is 0 Å². The molecule has 0 spiro atoms. The van der Waals surface area contributed by atoms with Crippen molar-refractivity contribution in [3.8, 4) is 0 Å². The van der Waals surface area contributed by atoms with Gasteiger partial charge in [0.1, 0.15) is 0 Å². The van der Waals surface area contributed by atoms with Gasteiger partial charge < -0.3 is 5.11 Å². The summed E-state index contributed by atoms with van der Waals surface area (Å²) in [6.07, 6.45) is 2.86. The average Bonchev–Trinajstić information content (AvgIpc) is 2.67. The first-order chi connectivity index (χ1) is 8.65. The van der Waals surface area contributed by atoms with E-state index in [0.717, 1.165) is 21.8 Å². The summed E-state index contributed by atoms with van der Waals surface area (Å²) < 4.78 is 3.00. The first-order valence-corrected chi connectivity index (χ1v) is 6.66. The van der Waals surface area contributed by atoms with E-state index < -0.39 is 0 Å². The number of fused-ring (bicyclic) bond motifs is 1. The summed E-state index contributed by atoms with van der Waals surface area (Å²) in [5, 5.41) is 10.3. The topological polar surface area (TPSA) is 29.5 Å². The second kappa shape index (κ2) is 5.55. The minimum atomic E-state index is 0.184. The van der Waals surface area contributed by atoms with Crippen LogP contribution in [-0.4, -0.2) is 16.3 Å². The van der Waals surface area contributed by atoms with Gasteiger partial charge in [-0.15, -0.1) is 0 Å². The van der Waals surface area contributed by atoms with Gasteiger partial charge in [0.15, 0.2) is 0 Å². The Kier molecular flexibility index (Phi) is 4.05. The molecule has 1 aromatic carbocycles. The molecule has 3 nitrogen and oxygen atoms in total. The van der Waals surface area contributed by atoms with E-state index in [1.165, 1.54) is 5.56 Å². The zero-order valence-electron chi connectivity index (χ0n) is 10.2. The van der Waals surface area contributed by atoms with Gasteiger partial charge in [-0.05, 0) is 36.1 Å². The van der Waals surface area contributed by atoms with E-state index in [-0.39, 0.29) is 12.5 Å². The molecule has 1 N–H and O–H groups in total. The van der Waals surface area contributed by atoms with E-state index in [1.807, 2.05) is 29.8 Å². The Hall–Kier alpha value is -1.31. The molecule has 1 atom stereocenters. The van der Waals surface area contributed by atoms with Crippen LogP contribution in [0.2, 0.25) is 0 Å². The first-order valence-electron chi connectivity index (χ1n) is 5.87. The van der Waals surface area contributed by atoms with E-state index in [0.29, 0.717) is 6.67 Å². The van der Waals surface area contributed by atoms with Gasteiger partial charge in [0, 0.05) is 22.7 Å². The molecule has 4 heteroatoms. The molecule has 2 aromatic rings. The van der Waals surface area contributed by atoms with E-state index in [4.69, 9.17) is 11.7 Å². The molecule has 0 aliphatic heterocycles. The quantitative estimate of drug-likeness (QED) is 0.861. The predicted molar refractivity (Wildman–Crippen MR) is 76.2 cm³/mol. The van der Waals surface area contributed by atoms with Crippen LogP contribution in [0.3, 0.4) is 0 Å². The Balaban J connectivity index is 2.51. The standard InChI is InChI=1S/C14H15BrN2O/c1-10(8-18)5-11-7-17(9-16-2)14-4-3-12(15)6-13(11)14/h3-4,6-7,10,18H,5,8-9H2,1H3. The van der Waals surface area contributed by atoms with Gasteiger partial charge in [0.2, 0.25) is 0 Å². The lowest BCUT2D eigenvalue weighted by molar-refractivity contribution is 0.237. The molecule has 94 valence electrons. The maximum absolute atomic E-state index is 9.17. The van der Waals surface area contributed by atoms with Crippen LogP contribution in [0.4, 0.5) is 0 Å². The first kappa shape index (κ1) is 13.1.